The quantitative estimate of drug-likeness (QED) is 0.214. The lowest BCUT2D eigenvalue weighted by atomic mass is 10.1. The Labute approximate surface area is 187 Å². The third-order valence-corrected chi connectivity index (χ3v) is 7.69. The third kappa shape index (κ3) is 3.54. The van der Waals surface area contributed by atoms with Gasteiger partial charge >= 0.3 is 0 Å². The maximum atomic E-state index is 13.3. The fraction of sp³-hybridized carbons (Fsp3) is 0.0833. The maximum Gasteiger partial charge on any atom is 0.205 e. The highest BCUT2D eigenvalue weighted by molar-refractivity contribution is 8.00. The van der Waals surface area contributed by atoms with Crippen molar-refractivity contribution in [3.63, 3.8) is 0 Å². The van der Waals surface area contributed by atoms with E-state index in [0.717, 1.165) is 26.6 Å². The number of nitrogens with zero attached hydrogens (tertiary/aromatic N) is 2. The highest BCUT2D eigenvalue weighted by atomic mass is 35.5. The van der Waals surface area contributed by atoms with Crippen LogP contribution < -0.4 is 0 Å². The Hall–Kier alpha value is -2.60. The number of rotatable bonds is 5. The molecule has 0 amide bonds. The number of pyridine rings is 1. The molecular weight excluding hydrogens is 432 g/mol. The Morgan fingerprint density at radius 2 is 1.83 bits per heavy atom. The lowest BCUT2D eigenvalue weighted by Crippen LogP contribution is -1.98. The second kappa shape index (κ2) is 7.91. The first kappa shape index (κ1) is 19.4. The molecule has 0 aliphatic carbocycles. The number of fused-ring (bicyclic) bond motifs is 3. The van der Waals surface area contributed by atoms with E-state index in [1.165, 1.54) is 22.5 Å². The molecular formula is C24H17ClN2OS2. The zero-order chi connectivity index (χ0) is 20.7. The number of carbonyl (C=O) groups is 1. The van der Waals surface area contributed by atoms with Crippen molar-refractivity contribution in [3.05, 3.63) is 99.5 Å². The van der Waals surface area contributed by atoms with Crippen LogP contribution in [-0.2, 0) is 5.75 Å². The van der Waals surface area contributed by atoms with Gasteiger partial charge in [0.25, 0.3) is 0 Å². The summed E-state index contributed by atoms with van der Waals surface area (Å²) in [5, 5.41) is 0.616. The smallest absolute Gasteiger partial charge is 0.205 e. The Kier molecular flexibility index (Phi) is 5.11. The number of ketones is 1. The van der Waals surface area contributed by atoms with Crippen LogP contribution in [0.5, 0.6) is 0 Å². The third-order valence-electron chi connectivity index (χ3n) is 4.94. The van der Waals surface area contributed by atoms with Crippen molar-refractivity contribution in [2.45, 2.75) is 16.9 Å². The summed E-state index contributed by atoms with van der Waals surface area (Å²) >= 11 is 9.27. The van der Waals surface area contributed by atoms with E-state index in [2.05, 4.69) is 35.6 Å². The number of aromatic nitrogens is 2. The van der Waals surface area contributed by atoms with Gasteiger partial charge in [-0.1, -0.05) is 47.5 Å². The predicted octanol–water partition coefficient (Wildman–Crippen LogP) is 7.03. The number of hydrogen-bond acceptors (Lipinski definition) is 4. The molecule has 3 nitrogen and oxygen atoms in total. The molecule has 0 aliphatic heterocycles. The van der Waals surface area contributed by atoms with Crippen LogP contribution in [0.25, 0.3) is 16.7 Å². The zero-order valence-corrected chi connectivity index (χ0v) is 18.5. The number of carbonyl (C=O) groups excluding carboxylic acids is 1. The number of hydrogen-bond donors (Lipinski definition) is 0. The Bertz CT molecular complexity index is 1370. The van der Waals surface area contributed by atoms with E-state index >= 15 is 0 Å². The van der Waals surface area contributed by atoms with Crippen molar-refractivity contribution >= 4 is 57.2 Å². The maximum absolute atomic E-state index is 13.3. The van der Waals surface area contributed by atoms with Crippen LogP contribution in [0, 0.1) is 6.92 Å². The summed E-state index contributed by atoms with van der Waals surface area (Å²) in [7, 11) is 0. The Balaban J connectivity index is 1.60. The van der Waals surface area contributed by atoms with Gasteiger partial charge in [0.15, 0.2) is 0 Å². The monoisotopic (exact) mass is 448 g/mol. The SMILES string of the molecule is Cc1ccc(CSc2sc(C(=O)c3ccc(Cl)cc3)c3nc4ccccn4c23)cc1. The molecule has 0 aliphatic rings. The van der Waals surface area contributed by atoms with Gasteiger partial charge in [0.2, 0.25) is 5.78 Å². The molecule has 0 saturated carbocycles. The van der Waals surface area contributed by atoms with E-state index in [-0.39, 0.29) is 5.78 Å². The number of thioether (sulfide) groups is 1. The van der Waals surface area contributed by atoms with Crippen LogP contribution in [0.3, 0.4) is 0 Å². The molecule has 0 unspecified atom stereocenters. The summed E-state index contributed by atoms with van der Waals surface area (Å²) in [6.07, 6.45) is 2.00. The van der Waals surface area contributed by atoms with Gasteiger partial charge in [-0.3, -0.25) is 9.20 Å². The molecule has 30 heavy (non-hydrogen) atoms. The summed E-state index contributed by atoms with van der Waals surface area (Å²) in [4.78, 5) is 18.7. The molecule has 0 bridgehead atoms. The highest BCUT2D eigenvalue weighted by Crippen LogP contribution is 2.40. The average molecular weight is 449 g/mol. The molecule has 0 spiro atoms. The fourth-order valence-electron chi connectivity index (χ4n) is 3.36. The van der Waals surface area contributed by atoms with Crippen molar-refractivity contribution in [1.82, 2.24) is 9.38 Å². The summed E-state index contributed by atoms with van der Waals surface area (Å²) < 4.78 is 3.17. The summed E-state index contributed by atoms with van der Waals surface area (Å²) in [6.45, 7) is 2.09. The minimum Gasteiger partial charge on any atom is -0.298 e. The minimum atomic E-state index is -0.0211. The van der Waals surface area contributed by atoms with E-state index in [1.54, 1.807) is 36.0 Å². The molecule has 0 N–H and O–H groups in total. The normalized spacial score (nSPS) is 11.4. The van der Waals surface area contributed by atoms with Gasteiger partial charge in [-0.15, -0.1) is 23.1 Å². The number of aryl methyl sites for hydroxylation is 1. The van der Waals surface area contributed by atoms with Crippen molar-refractivity contribution < 1.29 is 4.79 Å². The topological polar surface area (TPSA) is 34.4 Å². The number of imidazole rings is 1. The first-order valence-electron chi connectivity index (χ1n) is 9.48. The first-order valence-corrected chi connectivity index (χ1v) is 11.7. The van der Waals surface area contributed by atoms with Crippen molar-refractivity contribution in [3.8, 4) is 0 Å². The van der Waals surface area contributed by atoms with E-state index < -0.39 is 0 Å². The van der Waals surface area contributed by atoms with Gasteiger partial charge in [0.1, 0.15) is 16.0 Å². The zero-order valence-electron chi connectivity index (χ0n) is 16.1. The predicted molar refractivity (Wildman–Crippen MR) is 126 cm³/mol. The largest absolute Gasteiger partial charge is 0.298 e. The molecule has 0 atom stereocenters. The van der Waals surface area contributed by atoms with Gasteiger partial charge in [-0.05, 0) is 48.9 Å². The number of halogens is 1. The summed E-state index contributed by atoms with van der Waals surface area (Å²) in [6, 6.07) is 21.5. The van der Waals surface area contributed by atoms with E-state index in [4.69, 9.17) is 16.6 Å². The van der Waals surface area contributed by atoms with Crippen LogP contribution in [-0.4, -0.2) is 15.2 Å². The van der Waals surface area contributed by atoms with E-state index in [0.29, 0.717) is 15.5 Å². The van der Waals surface area contributed by atoms with Crippen LogP contribution in [0.15, 0.2) is 77.1 Å². The molecule has 3 aromatic heterocycles. The van der Waals surface area contributed by atoms with Crippen LogP contribution >= 0.6 is 34.7 Å². The Morgan fingerprint density at radius 1 is 1.07 bits per heavy atom. The van der Waals surface area contributed by atoms with Gasteiger partial charge in [0.05, 0.1) is 9.73 Å². The standard InChI is InChI=1S/C24H17ClN2OS2/c1-15-5-7-16(8-6-15)14-29-24-21-20(26-19-4-2-3-13-27(19)21)23(30-24)22(28)17-9-11-18(25)12-10-17/h2-13H,14H2,1H3. The molecule has 6 heteroatoms. The van der Waals surface area contributed by atoms with Gasteiger partial charge in [0, 0.05) is 22.5 Å². The Morgan fingerprint density at radius 3 is 2.60 bits per heavy atom. The molecule has 3 heterocycles. The highest BCUT2D eigenvalue weighted by Gasteiger charge is 2.23. The molecule has 0 fully saturated rings. The van der Waals surface area contributed by atoms with Crippen LogP contribution in [0.1, 0.15) is 26.4 Å². The molecule has 148 valence electrons. The second-order valence-electron chi connectivity index (χ2n) is 7.07. The van der Waals surface area contributed by atoms with Crippen molar-refractivity contribution in [1.29, 1.82) is 0 Å². The minimum absolute atomic E-state index is 0.0211. The summed E-state index contributed by atoms with van der Waals surface area (Å²) in [5.74, 6) is 0.817. The molecule has 5 rings (SSSR count). The second-order valence-corrected chi connectivity index (χ2v) is 9.77. The average Bonchev–Trinajstić information content (AvgIpc) is 3.31. The van der Waals surface area contributed by atoms with Crippen LogP contribution in [0.2, 0.25) is 5.02 Å². The number of thiophene rings is 1. The van der Waals surface area contributed by atoms with Crippen LogP contribution in [0.4, 0.5) is 0 Å². The molecule has 2 aromatic carbocycles. The van der Waals surface area contributed by atoms with Crippen molar-refractivity contribution in [2.75, 3.05) is 0 Å². The van der Waals surface area contributed by atoms with E-state index in [1.807, 2.05) is 24.4 Å². The van der Waals surface area contributed by atoms with Gasteiger partial charge in [-0.25, -0.2) is 4.98 Å². The first-order chi connectivity index (χ1) is 14.6. The van der Waals surface area contributed by atoms with Crippen molar-refractivity contribution in [2.24, 2.45) is 0 Å². The molecule has 0 radical (unpaired) electrons. The number of benzene rings is 2. The lowest BCUT2D eigenvalue weighted by molar-refractivity contribution is 0.104. The van der Waals surface area contributed by atoms with Gasteiger partial charge in [-0.2, -0.15) is 0 Å². The van der Waals surface area contributed by atoms with Gasteiger partial charge < -0.3 is 0 Å². The summed E-state index contributed by atoms with van der Waals surface area (Å²) in [5.41, 5.74) is 5.74. The van der Waals surface area contributed by atoms with E-state index in [9.17, 15) is 4.79 Å². The molecule has 5 aromatic rings. The lowest BCUT2D eigenvalue weighted by Gasteiger charge is -2.02. The molecule has 0 saturated heterocycles. The fourth-order valence-corrected chi connectivity index (χ4v) is 5.89.